The van der Waals surface area contributed by atoms with E-state index in [9.17, 15) is 9.90 Å². The third kappa shape index (κ3) is 3.35. The lowest BCUT2D eigenvalue weighted by Gasteiger charge is -2.44. The van der Waals surface area contributed by atoms with Crippen molar-refractivity contribution in [2.75, 3.05) is 6.61 Å². The van der Waals surface area contributed by atoms with Gasteiger partial charge in [-0.05, 0) is 24.3 Å². The number of hydrogen-bond donors (Lipinski definition) is 1. The summed E-state index contributed by atoms with van der Waals surface area (Å²) in [5, 5.41) is 9.87. The highest BCUT2D eigenvalue weighted by atomic mass is 16.3. The summed E-state index contributed by atoms with van der Waals surface area (Å²) in [6.07, 6.45) is 5.24. The lowest BCUT2D eigenvalue weighted by atomic mass is 9.83. The summed E-state index contributed by atoms with van der Waals surface area (Å²) in [6, 6.07) is 9.71. The number of benzene rings is 1. The highest BCUT2D eigenvalue weighted by molar-refractivity contribution is 5.78. The van der Waals surface area contributed by atoms with Crippen LogP contribution in [-0.4, -0.2) is 28.6 Å². The Balaban J connectivity index is 2.34. The van der Waals surface area contributed by atoms with Crippen molar-refractivity contribution in [2.24, 2.45) is 5.92 Å². The molecular weight excluding hydrogens is 262 g/mol. The van der Waals surface area contributed by atoms with Crippen molar-refractivity contribution in [3.8, 4) is 0 Å². The molecule has 1 N–H and O–H groups in total. The SMILES string of the molecule is C=CC[C@H]1[C@@H](CC)CCC(=O)N1[C@H](CO)c1ccccc1. The van der Waals surface area contributed by atoms with Crippen molar-refractivity contribution < 1.29 is 9.90 Å². The topological polar surface area (TPSA) is 40.5 Å². The van der Waals surface area contributed by atoms with Gasteiger partial charge in [0.05, 0.1) is 12.6 Å². The molecule has 1 fully saturated rings. The van der Waals surface area contributed by atoms with Gasteiger partial charge in [-0.1, -0.05) is 49.8 Å². The molecule has 0 radical (unpaired) electrons. The van der Waals surface area contributed by atoms with Crippen LogP contribution in [0.2, 0.25) is 0 Å². The van der Waals surface area contributed by atoms with Crippen LogP contribution in [0.3, 0.4) is 0 Å². The Kier molecular flexibility index (Phi) is 5.57. The Morgan fingerprint density at radius 1 is 1.43 bits per heavy atom. The second kappa shape index (κ2) is 7.41. The molecule has 1 amide bonds. The summed E-state index contributed by atoms with van der Waals surface area (Å²) in [5.41, 5.74) is 0.999. The fourth-order valence-corrected chi connectivity index (χ4v) is 3.43. The fourth-order valence-electron chi connectivity index (χ4n) is 3.43. The molecule has 0 saturated carbocycles. The van der Waals surface area contributed by atoms with Crippen LogP contribution in [0.4, 0.5) is 0 Å². The molecule has 3 atom stereocenters. The lowest BCUT2D eigenvalue weighted by Crippen LogP contribution is -2.50. The molecule has 1 aliphatic heterocycles. The van der Waals surface area contributed by atoms with Gasteiger partial charge in [-0.15, -0.1) is 6.58 Å². The maximum Gasteiger partial charge on any atom is 0.223 e. The second-order valence-electron chi connectivity index (χ2n) is 5.71. The molecule has 1 heterocycles. The van der Waals surface area contributed by atoms with E-state index in [1.54, 1.807) is 0 Å². The maximum atomic E-state index is 12.5. The van der Waals surface area contributed by atoms with E-state index < -0.39 is 0 Å². The van der Waals surface area contributed by atoms with Crippen LogP contribution >= 0.6 is 0 Å². The first-order valence-corrected chi connectivity index (χ1v) is 7.80. The Morgan fingerprint density at radius 3 is 2.71 bits per heavy atom. The van der Waals surface area contributed by atoms with Crippen molar-refractivity contribution in [3.63, 3.8) is 0 Å². The molecule has 0 spiro atoms. The van der Waals surface area contributed by atoms with Gasteiger partial charge < -0.3 is 10.0 Å². The Bertz CT molecular complexity index is 471. The summed E-state index contributed by atoms with van der Waals surface area (Å²) in [5.74, 6) is 0.632. The normalized spacial score (nSPS) is 23.9. The number of carbonyl (C=O) groups excluding carboxylic acids is 1. The van der Waals surface area contributed by atoms with Gasteiger partial charge in [-0.2, -0.15) is 0 Å². The van der Waals surface area contributed by atoms with Gasteiger partial charge in [0, 0.05) is 12.5 Å². The zero-order chi connectivity index (χ0) is 15.2. The van der Waals surface area contributed by atoms with Gasteiger partial charge >= 0.3 is 0 Å². The first-order valence-electron chi connectivity index (χ1n) is 7.80. The Labute approximate surface area is 127 Å². The Morgan fingerprint density at radius 2 is 2.14 bits per heavy atom. The van der Waals surface area contributed by atoms with Crippen LogP contribution in [0, 0.1) is 5.92 Å². The quantitative estimate of drug-likeness (QED) is 0.815. The first kappa shape index (κ1) is 15.8. The van der Waals surface area contributed by atoms with Gasteiger partial charge in [-0.3, -0.25) is 4.79 Å². The van der Waals surface area contributed by atoms with Crippen molar-refractivity contribution in [1.82, 2.24) is 4.90 Å². The van der Waals surface area contributed by atoms with Crippen LogP contribution in [-0.2, 0) is 4.79 Å². The van der Waals surface area contributed by atoms with Crippen molar-refractivity contribution >= 4 is 5.91 Å². The average Bonchev–Trinajstić information content (AvgIpc) is 2.52. The zero-order valence-corrected chi connectivity index (χ0v) is 12.7. The van der Waals surface area contributed by atoms with Crippen LogP contribution < -0.4 is 0 Å². The summed E-state index contributed by atoms with van der Waals surface area (Å²) in [7, 11) is 0. The van der Waals surface area contributed by atoms with E-state index in [2.05, 4.69) is 13.5 Å². The van der Waals surface area contributed by atoms with E-state index >= 15 is 0 Å². The summed E-state index contributed by atoms with van der Waals surface area (Å²) in [4.78, 5) is 14.4. The number of amides is 1. The van der Waals surface area contributed by atoms with Gasteiger partial charge in [0.15, 0.2) is 0 Å². The number of likely N-dealkylation sites (tertiary alicyclic amines) is 1. The number of piperidine rings is 1. The summed E-state index contributed by atoms with van der Waals surface area (Å²) < 4.78 is 0. The Hall–Kier alpha value is -1.61. The van der Waals surface area contributed by atoms with E-state index in [1.165, 1.54) is 0 Å². The third-order valence-electron chi connectivity index (χ3n) is 4.54. The van der Waals surface area contributed by atoms with Gasteiger partial charge in [0.1, 0.15) is 0 Å². The van der Waals surface area contributed by atoms with Crippen LogP contribution in [0.5, 0.6) is 0 Å². The van der Waals surface area contributed by atoms with Gasteiger partial charge in [0.2, 0.25) is 5.91 Å². The molecule has 1 aromatic carbocycles. The highest BCUT2D eigenvalue weighted by Gasteiger charge is 2.38. The predicted molar refractivity (Wildman–Crippen MR) is 84.7 cm³/mol. The molecule has 114 valence electrons. The number of rotatable bonds is 6. The molecule has 0 bridgehead atoms. The molecule has 21 heavy (non-hydrogen) atoms. The van der Waals surface area contributed by atoms with Crippen molar-refractivity contribution in [3.05, 3.63) is 48.6 Å². The number of hydrogen-bond acceptors (Lipinski definition) is 2. The number of carbonyl (C=O) groups is 1. The van der Waals surface area contributed by atoms with Gasteiger partial charge in [0.25, 0.3) is 0 Å². The molecule has 1 aromatic rings. The molecule has 0 unspecified atom stereocenters. The molecule has 2 rings (SSSR count). The number of aliphatic hydroxyl groups excluding tert-OH is 1. The molecule has 3 heteroatoms. The highest BCUT2D eigenvalue weighted by Crippen LogP contribution is 2.35. The van der Waals surface area contributed by atoms with E-state index in [4.69, 9.17) is 0 Å². The van der Waals surface area contributed by atoms with E-state index in [-0.39, 0.29) is 24.6 Å². The van der Waals surface area contributed by atoms with Gasteiger partial charge in [-0.25, -0.2) is 0 Å². The minimum atomic E-state index is -0.252. The third-order valence-corrected chi connectivity index (χ3v) is 4.54. The fraction of sp³-hybridized carbons (Fsp3) is 0.500. The average molecular weight is 287 g/mol. The molecule has 0 aromatic heterocycles. The summed E-state index contributed by atoms with van der Waals surface area (Å²) >= 11 is 0. The molecule has 0 aliphatic carbocycles. The van der Waals surface area contributed by atoms with Crippen molar-refractivity contribution in [2.45, 2.75) is 44.7 Å². The molecule has 1 aliphatic rings. The predicted octanol–water partition coefficient (Wildman–Crippen LogP) is 3.31. The standard InChI is InChI=1S/C18H25NO2/c1-3-8-16-14(4-2)11-12-18(21)19(16)17(13-20)15-9-6-5-7-10-15/h3,5-7,9-10,14,16-17,20H,1,4,8,11-13H2,2H3/t14-,16-,17+/m0/s1. The lowest BCUT2D eigenvalue weighted by molar-refractivity contribution is -0.143. The largest absolute Gasteiger partial charge is 0.394 e. The van der Waals surface area contributed by atoms with Crippen molar-refractivity contribution in [1.29, 1.82) is 0 Å². The van der Waals surface area contributed by atoms with Crippen LogP contribution in [0.1, 0.15) is 44.2 Å². The van der Waals surface area contributed by atoms with E-state index in [0.717, 1.165) is 24.8 Å². The van der Waals surface area contributed by atoms with Crippen LogP contribution in [0.15, 0.2) is 43.0 Å². The van der Waals surface area contributed by atoms with Crippen LogP contribution in [0.25, 0.3) is 0 Å². The number of nitrogens with zero attached hydrogens (tertiary/aromatic N) is 1. The second-order valence-corrected chi connectivity index (χ2v) is 5.71. The molecule has 1 saturated heterocycles. The van der Waals surface area contributed by atoms with E-state index in [1.807, 2.05) is 41.3 Å². The first-order chi connectivity index (χ1) is 10.2. The smallest absolute Gasteiger partial charge is 0.223 e. The molecular formula is C18H25NO2. The zero-order valence-electron chi connectivity index (χ0n) is 12.7. The molecule has 3 nitrogen and oxygen atoms in total. The van der Waals surface area contributed by atoms with E-state index in [0.29, 0.717) is 12.3 Å². The minimum Gasteiger partial charge on any atom is -0.394 e. The summed E-state index contributed by atoms with van der Waals surface area (Å²) in [6.45, 7) is 5.97. The minimum absolute atomic E-state index is 0.0418. The maximum absolute atomic E-state index is 12.5. The monoisotopic (exact) mass is 287 g/mol. The number of aliphatic hydroxyl groups is 1.